The average molecular weight is 225 g/mol. The van der Waals surface area contributed by atoms with Gasteiger partial charge in [-0.2, -0.15) is 0 Å². The van der Waals surface area contributed by atoms with E-state index >= 15 is 0 Å². The first-order valence-corrected chi connectivity index (χ1v) is 5.41. The molecule has 1 unspecified atom stereocenters. The lowest BCUT2D eigenvalue weighted by atomic mass is 10.1. The van der Waals surface area contributed by atoms with E-state index in [2.05, 4.69) is 4.98 Å². The molecule has 0 spiro atoms. The fourth-order valence-corrected chi connectivity index (χ4v) is 1.28. The van der Waals surface area contributed by atoms with Crippen LogP contribution in [0.5, 0.6) is 0 Å². The Balaban J connectivity index is 2.24. The molecule has 1 aromatic heterocycles. The summed E-state index contributed by atoms with van der Waals surface area (Å²) in [6, 6.07) is 3.78. The number of aryl methyl sites for hydroxylation is 1. The molecule has 0 aliphatic carbocycles. The molecule has 0 radical (unpaired) electrons. The Morgan fingerprint density at radius 2 is 2.12 bits per heavy atom. The highest BCUT2D eigenvalue weighted by molar-refractivity contribution is 5.15. The van der Waals surface area contributed by atoms with Gasteiger partial charge in [-0.25, -0.2) is 0 Å². The van der Waals surface area contributed by atoms with Gasteiger partial charge in [-0.1, -0.05) is 6.07 Å². The fraction of sp³-hybridized carbons (Fsp3) is 0.583. The quantitative estimate of drug-likeness (QED) is 0.714. The molecule has 1 atom stereocenters. The van der Waals surface area contributed by atoms with Crippen molar-refractivity contribution in [3.8, 4) is 0 Å². The molecule has 0 saturated heterocycles. The highest BCUT2D eigenvalue weighted by Crippen LogP contribution is 2.15. The van der Waals surface area contributed by atoms with Crippen LogP contribution in [0.1, 0.15) is 23.8 Å². The van der Waals surface area contributed by atoms with Crippen molar-refractivity contribution in [2.75, 3.05) is 26.9 Å². The molecule has 0 amide bonds. The molecule has 1 aromatic rings. The van der Waals surface area contributed by atoms with Crippen molar-refractivity contribution >= 4 is 0 Å². The molecular formula is C12H19NO3. The number of aliphatic hydroxyl groups excluding tert-OH is 1. The summed E-state index contributed by atoms with van der Waals surface area (Å²) in [7, 11) is 1.64. The summed E-state index contributed by atoms with van der Waals surface area (Å²) in [5.41, 5.74) is 1.79. The van der Waals surface area contributed by atoms with E-state index in [4.69, 9.17) is 9.47 Å². The van der Waals surface area contributed by atoms with E-state index < -0.39 is 6.10 Å². The second kappa shape index (κ2) is 7.33. The van der Waals surface area contributed by atoms with Crippen LogP contribution in [0.2, 0.25) is 0 Å². The Kier molecular flexibility index (Phi) is 6.00. The standard InChI is InChI=1S/C12H19NO3/c1-10-3-4-11(9-13-10)12(14)5-6-16-8-7-15-2/h3-4,9,12,14H,5-8H2,1-2H3. The maximum Gasteiger partial charge on any atom is 0.0826 e. The Labute approximate surface area is 96.2 Å². The minimum Gasteiger partial charge on any atom is -0.388 e. The zero-order valence-electron chi connectivity index (χ0n) is 9.85. The van der Waals surface area contributed by atoms with Gasteiger partial charge < -0.3 is 14.6 Å². The van der Waals surface area contributed by atoms with E-state index in [1.165, 1.54) is 0 Å². The van der Waals surface area contributed by atoms with Crippen LogP contribution in [0.15, 0.2) is 18.3 Å². The third kappa shape index (κ3) is 4.70. The van der Waals surface area contributed by atoms with Crippen LogP contribution < -0.4 is 0 Å². The van der Waals surface area contributed by atoms with Crippen molar-refractivity contribution in [2.45, 2.75) is 19.4 Å². The summed E-state index contributed by atoms with van der Waals surface area (Å²) in [6.45, 7) is 3.60. The first-order valence-electron chi connectivity index (χ1n) is 5.41. The lowest BCUT2D eigenvalue weighted by Gasteiger charge is -2.10. The van der Waals surface area contributed by atoms with Gasteiger partial charge in [0.25, 0.3) is 0 Å². The Bertz CT molecular complexity index is 287. The number of hydrogen-bond acceptors (Lipinski definition) is 4. The van der Waals surface area contributed by atoms with Crippen LogP contribution in [-0.4, -0.2) is 37.0 Å². The predicted molar refractivity (Wildman–Crippen MR) is 61.2 cm³/mol. The maximum atomic E-state index is 9.82. The van der Waals surface area contributed by atoms with Crippen LogP contribution >= 0.6 is 0 Å². The van der Waals surface area contributed by atoms with Gasteiger partial charge in [0.2, 0.25) is 0 Å². The lowest BCUT2D eigenvalue weighted by Crippen LogP contribution is -2.07. The van der Waals surface area contributed by atoms with Crippen LogP contribution in [0.4, 0.5) is 0 Å². The van der Waals surface area contributed by atoms with E-state index in [0.29, 0.717) is 26.2 Å². The highest BCUT2D eigenvalue weighted by atomic mass is 16.5. The molecule has 1 rings (SSSR count). The molecule has 16 heavy (non-hydrogen) atoms. The van der Waals surface area contributed by atoms with Gasteiger partial charge in [0, 0.05) is 32.0 Å². The number of aliphatic hydroxyl groups is 1. The van der Waals surface area contributed by atoms with Crippen molar-refractivity contribution in [3.05, 3.63) is 29.6 Å². The van der Waals surface area contributed by atoms with Gasteiger partial charge >= 0.3 is 0 Å². The molecule has 0 saturated carbocycles. The smallest absolute Gasteiger partial charge is 0.0826 e. The summed E-state index contributed by atoms with van der Waals surface area (Å²) in [5.74, 6) is 0. The summed E-state index contributed by atoms with van der Waals surface area (Å²) in [6.07, 6.45) is 1.78. The van der Waals surface area contributed by atoms with Crippen LogP contribution in [0.25, 0.3) is 0 Å². The van der Waals surface area contributed by atoms with Gasteiger partial charge in [-0.3, -0.25) is 4.98 Å². The topological polar surface area (TPSA) is 51.6 Å². The van der Waals surface area contributed by atoms with Crippen molar-refractivity contribution in [2.24, 2.45) is 0 Å². The molecule has 0 fully saturated rings. The molecule has 0 aliphatic heterocycles. The molecule has 1 N–H and O–H groups in total. The normalized spacial score (nSPS) is 12.7. The number of hydrogen-bond donors (Lipinski definition) is 1. The van der Waals surface area contributed by atoms with Gasteiger partial charge in [0.15, 0.2) is 0 Å². The number of rotatable bonds is 7. The molecule has 0 bridgehead atoms. The van der Waals surface area contributed by atoms with Gasteiger partial charge in [-0.15, -0.1) is 0 Å². The SMILES string of the molecule is COCCOCCC(O)c1ccc(C)nc1. The number of nitrogens with zero attached hydrogens (tertiary/aromatic N) is 1. The van der Waals surface area contributed by atoms with Crippen LogP contribution in [-0.2, 0) is 9.47 Å². The summed E-state index contributed by atoms with van der Waals surface area (Å²) < 4.78 is 10.1. The Morgan fingerprint density at radius 1 is 1.31 bits per heavy atom. The van der Waals surface area contributed by atoms with E-state index in [-0.39, 0.29) is 0 Å². The Hall–Kier alpha value is -0.970. The fourth-order valence-electron chi connectivity index (χ4n) is 1.28. The van der Waals surface area contributed by atoms with E-state index in [1.54, 1.807) is 13.3 Å². The van der Waals surface area contributed by atoms with E-state index in [1.807, 2.05) is 19.1 Å². The molecule has 90 valence electrons. The Morgan fingerprint density at radius 3 is 2.75 bits per heavy atom. The number of methoxy groups -OCH3 is 1. The minimum absolute atomic E-state index is 0.504. The van der Waals surface area contributed by atoms with Crippen LogP contribution in [0.3, 0.4) is 0 Å². The van der Waals surface area contributed by atoms with Crippen molar-refractivity contribution in [3.63, 3.8) is 0 Å². The zero-order valence-corrected chi connectivity index (χ0v) is 9.85. The third-order valence-electron chi connectivity index (χ3n) is 2.29. The molecule has 1 heterocycles. The van der Waals surface area contributed by atoms with E-state index in [0.717, 1.165) is 11.3 Å². The zero-order chi connectivity index (χ0) is 11.8. The summed E-state index contributed by atoms with van der Waals surface area (Å²) in [4.78, 5) is 4.14. The minimum atomic E-state index is -0.504. The van der Waals surface area contributed by atoms with Crippen LogP contribution in [0, 0.1) is 6.92 Å². The van der Waals surface area contributed by atoms with Crippen molar-refractivity contribution in [1.29, 1.82) is 0 Å². The number of aromatic nitrogens is 1. The second-order valence-corrected chi connectivity index (χ2v) is 3.64. The summed E-state index contributed by atoms with van der Waals surface area (Å²) >= 11 is 0. The molecular weight excluding hydrogens is 206 g/mol. The molecule has 4 nitrogen and oxygen atoms in total. The predicted octanol–water partition coefficient (Wildman–Crippen LogP) is 1.48. The molecule has 0 aromatic carbocycles. The van der Waals surface area contributed by atoms with Crippen molar-refractivity contribution < 1.29 is 14.6 Å². The highest BCUT2D eigenvalue weighted by Gasteiger charge is 2.07. The number of pyridine rings is 1. The van der Waals surface area contributed by atoms with Gasteiger partial charge in [0.05, 0.1) is 19.3 Å². The number of ether oxygens (including phenoxy) is 2. The van der Waals surface area contributed by atoms with Crippen molar-refractivity contribution in [1.82, 2.24) is 4.98 Å². The summed E-state index contributed by atoms with van der Waals surface area (Å²) in [5, 5.41) is 9.82. The molecule has 4 heteroatoms. The first-order chi connectivity index (χ1) is 7.74. The third-order valence-corrected chi connectivity index (χ3v) is 2.29. The maximum absolute atomic E-state index is 9.82. The average Bonchev–Trinajstić information content (AvgIpc) is 2.29. The first kappa shape index (κ1) is 13.1. The largest absolute Gasteiger partial charge is 0.388 e. The van der Waals surface area contributed by atoms with Gasteiger partial charge in [-0.05, 0) is 18.6 Å². The molecule has 0 aliphatic rings. The monoisotopic (exact) mass is 225 g/mol. The van der Waals surface area contributed by atoms with Gasteiger partial charge in [0.1, 0.15) is 0 Å². The lowest BCUT2D eigenvalue weighted by molar-refractivity contribution is 0.0475. The second-order valence-electron chi connectivity index (χ2n) is 3.64. The van der Waals surface area contributed by atoms with E-state index in [9.17, 15) is 5.11 Å².